The van der Waals surface area contributed by atoms with Crippen LogP contribution in [0.3, 0.4) is 0 Å². The van der Waals surface area contributed by atoms with Crippen LogP contribution >= 0.6 is 0 Å². The van der Waals surface area contributed by atoms with E-state index in [1.807, 2.05) is 19.1 Å². The average molecular weight is 291 g/mol. The first kappa shape index (κ1) is 16.1. The Bertz CT molecular complexity index is 453. The second-order valence-electron chi connectivity index (χ2n) is 6.31. The predicted molar refractivity (Wildman–Crippen MR) is 89.1 cm³/mol. The number of methoxy groups -OCH3 is 1. The fraction of sp³-hybridized carbons (Fsp3) is 0.647. The summed E-state index contributed by atoms with van der Waals surface area (Å²) in [5, 5.41) is 0. The van der Waals surface area contributed by atoms with Gasteiger partial charge in [0.25, 0.3) is 0 Å². The standard InChI is InChI=1S/C17H29N3O/c1-13(18)17-15(6-5-7-16(17)21-4)20(3)12-14-8-10-19(2)11-9-14/h5-7,13-14H,8-12,18H2,1-4H3/t13-/m0/s1. The van der Waals surface area contributed by atoms with Gasteiger partial charge in [0.1, 0.15) is 5.75 Å². The van der Waals surface area contributed by atoms with E-state index in [0.717, 1.165) is 23.8 Å². The molecular weight excluding hydrogens is 262 g/mol. The van der Waals surface area contributed by atoms with Crippen LogP contribution in [0.1, 0.15) is 31.4 Å². The smallest absolute Gasteiger partial charge is 0.125 e. The Labute approximate surface area is 128 Å². The van der Waals surface area contributed by atoms with Crippen LogP contribution in [0.2, 0.25) is 0 Å². The Balaban J connectivity index is 2.13. The van der Waals surface area contributed by atoms with Gasteiger partial charge in [-0.05, 0) is 58.0 Å². The molecule has 0 unspecified atom stereocenters. The van der Waals surface area contributed by atoms with E-state index in [1.165, 1.54) is 31.6 Å². The Morgan fingerprint density at radius 1 is 1.38 bits per heavy atom. The summed E-state index contributed by atoms with van der Waals surface area (Å²) in [6, 6.07) is 6.16. The Kier molecular flexibility index (Phi) is 5.48. The van der Waals surface area contributed by atoms with Crippen molar-refractivity contribution >= 4 is 5.69 Å². The van der Waals surface area contributed by atoms with Crippen molar-refractivity contribution in [3.05, 3.63) is 23.8 Å². The first-order valence-electron chi connectivity index (χ1n) is 7.85. The Morgan fingerprint density at radius 2 is 2.05 bits per heavy atom. The van der Waals surface area contributed by atoms with Gasteiger partial charge in [0.15, 0.2) is 0 Å². The van der Waals surface area contributed by atoms with Crippen LogP contribution in [0, 0.1) is 5.92 Å². The average Bonchev–Trinajstić information content (AvgIpc) is 2.48. The third-order valence-corrected chi connectivity index (χ3v) is 4.50. The molecule has 1 aliphatic rings. The molecule has 1 heterocycles. The quantitative estimate of drug-likeness (QED) is 0.905. The summed E-state index contributed by atoms with van der Waals surface area (Å²) in [6.07, 6.45) is 2.55. The molecule has 4 nitrogen and oxygen atoms in total. The first-order valence-corrected chi connectivity index (χ1v) is 7.85. The van der Waals surface area contributed by atoms with Crippen LogP contribution in [0.4, 0.5) is 5.69 Å². The Morgan fingerprint density at radius 3 is 2.62 bits per heavy atom. The van der Waals surface area contributed by atoms with E-state index >= 15 is 0 Å². The summed E-state index contributed by atoms with van der Waals surface area (Å²) >= 11 is 0. The summed E-state index contributed by atoms with van der Waals surface area (Å²) in [6.45, 7) is 5.51. The van der Waals surface area contributed by atoms with Gasteiger partial charge in [0.2, 0.25) is 0 Å². The van der Waals surface area contributed by atoms with Crippen LogP contribution in [0.25, 0.3) is 0 Å². The molecule has 0 aromatic heterocycles. The maximum Gasteiger partial charge on any atom is 0.125 e. The number of rotatable bonds is 5. The van der Waals surface area contributed by atoms with E-state index in [1.54, 1.807) is 7.11 Å². The lowest BCUT2D eigenvalue weighted by Gasteiger charge is -2.33. The maximum atomic E-state index is 6.17. The lowest BCUT2D eigenvalue weighted by atomic mass is 9.96. The second-order valence-corrected chi connectivity index (χ2v) is 6.31. The van der Waals surface area contributed by atoms with Crippen LogP contribution in [0.15, 0.2) is 18.2 Å². The molecule has 0 radical (unpaired) electrons. The maximum absolute atomic E-state index is 6.17. The molecule has 2 rings (SSSR count). The van der Waals surface area contributed by atoms with Gasteiger partial charge in [-0.2, -0.15) is 0 Å². The molecule has 118 valence electrons. The fourth-order valence-electron chi connectivity index (χ4n) is 3.23. The minimum Gasteiger partial charge on any atom is -0.496 e. The zero-order valence-corrected chi connectivity index (χ0v) is 13.8. The highest BCUT2D eigenvalue weighted by Gasteiger charge is 2.21. The molecule has 0 spiro atoms. The SMILES string of the molecule is COc1cccc(N(C)CC2CCN(C)CC2)c1[C@H](C)N. The molecule has 1 atom stereocenters. The zero-order valence-electron chi connectivity index (χ0n) is 13.8. The number of nitrogens with two attached hydrogens (primary N) is 1. The van der Waals surface area contributed by atoms with Crippen molar-refractivity contribution in [2.24, 2.45) is 11.7 Å². The largest absolute Gasteiger partial charge is 0.496 e. The summed E-state index contributed by atoms with van der Waals surface area (Å²) in [7, 11) is 6.08. The van der Waals surface area contributed by atoms with Gasteiger partial charge in [-0.15, -0.1) is 0 Å². The lowest BCUT2D eigenvalue weighted by Crippen LogP contribution is -2.36. The molecule has 2 N–H and O–H groups in total. The zero-order chi connectivity index (χ0) is 15.4. The number of hydrogen-bond donors (Lipinski definition) is 1. The molecule has 1 fully saturated rings. The van der Waals surface area contributed by atoms with Gasteiger partial charge in [-0.1, -0.05) is 6.07 Å². The molecule has 1 aromatic rings. The van der Waals surface area contributed by atoms with Crippen LogP contribution in [-0.4, -0.2) is 45.7 Å². The molecule has 0 amide bonds. The Hall–Kier alpha value is -1.26. The minimum atomic E-state index is -0.0314. The summed E-state index contributed by atoms with van der Waals surface area (Å²) in [5.41, 5.74) is 8.47. The van der Waals surface area contributed by atoms with Gasteiger partial charge < -0.3 is 20.3 Å². The highest BCUT2D eigenvalue weighted by Crippen LogP contribution is 2.34. The normalized spacial score (nSPS) is 18.5. The van der Waals surface area contributed by atoms with E-state index in [9.17, 15) is 0 Å². The van der Waals surface area contributed by atoms with Gasteiger partial charge in [0, 0.05) is 30.9 Å². The predicted octanol–water partition coefficient (Wildman–Crippen LogP) is 2.49. The van der Waals surface area contributed by atoms with Crippen molar-refractivity contribution in [2.75, 3.05) is 45.7 Å². The van der Waals surface area contributed by atoms with Crippen molar-refractivity contribution in [3.63, 3.8) is 0 Å². The molecule has 0 saturated carbocycles. The van der Waals surface area contributed by atoms with Gasteiger partial charge in [-0.3, -0.25) is 0 Å². The van der Waals surface area contributed by atoms with Crippen molar-refractivity contribution in [1.82, 2.24) is 4.90 Å². The summed E-state index contributed by atoms with van der Waals surface area (Å²) < 4.78 is 5.49. The third-order valence-electron chi connectivity index (χ3n) is 4.50. The molecule has 1 aliphatic heterocycles. The van der Waals surface area contributed by atoms with Crippen molar-refractivity contribution in [3.8, 4) is 5.75 Å². The number of benzene rings is 1. The van der Waals surface area contributed by atoms with Crippen molar-refractivity contribution < 1.29 is 4.74 Å². The number of nitrogens with zero attached hydrogens (tertiary/aromatic N) is 2. The number of likely N-dealkylation sites (tertiary alicyclic amines) is 1. The van der Waals surface area contributed by atoms with Gasteiger partial charge >= 0.3 is 0 Å². The van der Waals surface area contributed by atoms with Gasteiger partial charge in [0.05, 0.1) is 7.11 Å². The number of hydrogen-bond acceptors (Lipinski definition) is 4. The van der Waals surface area contributed by atoms with E-state index in [2.05, 4.69) is 30.0 Å². The molecule has 0 aliphatic carbocycles. The minimum absolute atomic E-state index is 0.0314. The van der Waals surface area contributed by atoms with Crippen LogP contribution in [0.5, 0.6) is 5.75 Å². The third kappa shape index (κ3) is 3.89. The van der Waals surface area contributed by atoms with Crippen molar-refractivity contribution in [1.29, 1.82) is 0 Å². The van der Waals surface area contributed by atoms with Crippen molar-refractivity contribution in [2.45, 2.75) is 25.8 Å². The molecule has 0 bridgehead atoms. The fourth-order valence-corrected chi connectivity index (χ4v) is 3.23. The number of ether oxygens (including phenoxy) is 1. The highest BCUT2D eigenvalue weighted by atomic mass is 16.5. The number of anilines is 1. The second kappa shape index (κ2) is 7.14. The van der Waals surface area contributed by atoms with E-state index in [-0.39, 0.29) is 6.04 Å². The topological polar surface area (TPSA) is 41.7 Å². The summed E-state index contributed by atoms with van der Waals surface area (Å²) in [4.78, 5) is 4.76. The molecule has 21 heavy (non-hydrogen) atoms. The van der Waals surface area contributed by atoms with Crippen LogP contribution < -0.4 is 15.4 Å². The molecular formula is C17H29N3O. The van der Waals surface area contributed by atoms with E-state index < -0.39 is 0 Å². The van der Waals surface area contributed by atoms with Crippen LogP contribution in [-0.2, 0) is 0 Å². The van der Waals surface area contributed by atoms with E-state index in [4.69, 9.17) is 10.5 Å². The van der Waals surface area contributed by atoms with E-state index in [0.29, 0.717) is 0 Å². The van der Waals surface area contributed by atoms with Gasteiger partial charge in [-0.25, -0.2) is 0 Å². The molecule has 1 saturated heterocycles. The number of piperidine rings is 1. The monoisotopic (exact) mass is 291 g/mol. The first-order chi connectivity index (χ1) is 10.0. The lowest BCUT2D eigenvalue weighted by molar-refractivity contribution is 0.222. The summed E-state index contributed by atoms with van der Waals surface area (Å²) in [5.74, 6) is 1.65. The molecule has 1 aromatic carbocycles. The highest BCUT2D eigenvalue weighted by molar-refractivity contribution is 5.60. The molecule has 4 heteroatoms.